The van der Waals surface area contributed by atoms with Gasteiger partial charge in [-0.15, -0.1) is 0 Å². The molecule has 0 radical (unpaired) electrons. The maximum atomic E-state index is 12.7. The van der Waals surface area contributed by atoms with Gasteiger partial charge >= 0.3 is 5.97 Å². The molecule has 0 unspecified atom stereocenters. The number of carbonyl (C=O) groups excluding carboxylic acids is 3. The zero-order valence-electron chi connectivity index (χ0n) is 16.9. The van der Waals surface area contributed by atoms with Crippen LogP contribution in [-0.2, 0) is 20.9 Å². The predicted molar refractivity (Wildman–Crippen MR) is 119 cm³/mol. The molecule has 0 bridgehead atoms. The lowest BCUT2D eigenvalue weighted by Gasteiger charge is -2.09. The number of hydrogen-bond acceptors (Lipinski definition) is 7. The van der Waals surface area contributed by atoms with Crippen molar-refractivity contribution in [2.24, 2.45) is 0 Å². The monoisotopic (exact) mass is 451 g/mol. The zero-order chi connectivity index (χ0) is 22.8. The Bertz CT molecular complexity index is 1300. The Hall–Kier alpha value is -3.92. The minimum atomic E-state index is -0.686. The van der Waals surface area contributed by atoms with Gasteiger partial charge in [-0.25, -0.2) is 0 Å². The van der Waals surface area contributed by atoms with Gasteiger partial charge in [-0.1, -0.05) is 36.4 Å². The van der Waals surface area contributed by atoms with Crippen LogP contribution in [0.4, 0.5) is 10.5 Å². The summed E-state index contributed by atoms with van der Waals surface area (Å²) in [4.78, 5) is 48.3. The number of ether oxygens (including phenoxy) is 1. The van der Waals surface area contributed by atoms with Gasteiger partial charge in [-0.3, -0.25) is 29.4 Å². The molecule has 2 aromatic carbocycles. The van der Waals surface area contributed by atoms with Gasteiger partial charge in [0.15, 0.2) is 0 Å². The van der Waals surface area contributed by atoms with Gasteiger partial charge in [-0.05, 0) is 23.9 Å². The van der Waals surface area contributed by atoms with E-state index >= 15 is 0 Å². The van der Waals surface area contributed by atoms with E-state index in [4.69, 9.17) is 0 Å². The number of benzene rings is 2. The number of nitrogens with zero attached hydrogens (tertiary/aromatic N) is 3. The van der Waals surface area contributed by atoms with Crippen LogP contribution in [0.1, 0.15) is 11.1 Å². The van der Waals surface area contributed by atoms with Crippen molar-refractivity contribution in [2.45, 2.75) is 6.54 Å². The summed E-state index contributed by atoms with van der Waals surface area (Å²) in [6, 6.07) is 14.0. The number of fused-ring (bicyclic) bond motifs is 1. The Morgan fingerprint density at radius 1 is 1.16 bits per heavy atom. The van der Waals surface area contributed by atoms with Gasteiger partial charge < -0.3 is 9.30 Å². The topological polar surface area (TPSA) is 112 Å². The summed E-state index contributed by atoms with van der Waals surface area (Å²) in [6.45, 7) is -0.187. The number of rotatable bonds is 6. The Morgan fingerprint density at radius 2 is 1.88 bits per heavy atom. The number of imide groups is 1. The van der Waals surface area contributed by atoms with E-state index in [1.54, 1.807) is 30.5 Å². The van der Waals surface area contributed by atoms with Crippen LogP contribution in [-0.4, -0.2) is 45.2 Å². The first kappa shape index (κ1) is 21.3. The molecule has 0 atom stereocenters. The zero-order valence-corrected chi connectivity index (χ0v) is 17.7. The molecular weight excluding hydrogens is 434 g/mol. The molecule has 1 aliphatic rings. The molecule has 32 heavy (non-hydrogen) atoms. The van der Waals surface area contributed by atoms with Crippen molar-refractivity contribution in [3.8, 4) is 0 Å². The third kappa shape index (κ3) is 4.00. The smallest absolute Gasteiger partial charge is 0.325 e. The first-order valence-corrected chi connectivity index (χ1v) is 10.3. The molecule has 1 fully saturated rings. The van der Waals surface area contributed by atoms with Crippen molar-refractivity contribution in [1.29, 1.82) is 0 Å². The molecule has 1 aliphatic heterocycles. The van der Waals surface area contributed by atoms with Crippen molar-refractivity contribution in [3.05, 3.63) is 80.9 Å². The Balaban J connectivity index is 1.71. The van der Waals surface area contributed by atoms with E-state index in [2.05, 4.69) is 4.74 Å². The van der Waals surface area contributed by atoms with Crippen molar-refractivity contribution in [3.63, 3.8) is 0 Å². The maximum absolute atomic E-state index is 12.7. The van der Waals surface area contributed by atoms with Crippen LogP contribution in [0, 0.1) is 10.1 Å². The Kier molecular flexibility index (Phi) is 5.78. The highest BCUT2D eigenvalue weighted by atomic mass is 32.2. The quantitative estimate of drug-likeness (QED) is 0.242. The normalized spacial score (nSPS) is 15.0. The molecule has 2 amide bonds. The number of nitro benzene ring substituents is 1. The molecule has 2 heterocycles. The highest BCUT2D eigenvalue weighted by molar-refractivity contribution is 8.18. The van der Waals surface area contributed by atoms with Crippen molar-refractivity contribution < 1.29 is 24.0 Å². The van der Waals surface area contributed by atoms with Crippen LogP contribution in [0.5, 0.6) is 0 Å². The summed E-state index contributed by atoms with van der Waals surface area (Å²) < 4.78 is 6.40. The third-order valence-corrected chi connectivity index (χ3v) is 5.93. The number of amides is 2. The fourth-order valence-corrected chi connectivity index (χ4v) is 4.33. The second-order valence-electron chi connectivity index (χ2n) is 6.96. The Morgan fingerprint density at radius 3 is 2.62 bits per heavy atom. The first-order valence-electron chi connectivity index (χ1n) is 9.51. The standard InChI is InChI=1S/C22H17N3O6S/c1-31-20(26)13-24-21(27)19(32-22(24)28)10-15-12-23(18-9-5-3-7-16(15)18)11-14-6-2-4-8-17(14)25(29)30/h2-10,12H,11,13H2,1H3/b19-10-. The second-order valence-corrected chi connectivity index (χ2v) is 7.95. The van der Waals surface area contributed by atoms with Crippen LogP contribution < -0.4 is 0 Å². The SMILES string of the molecule is COC(=O)CN1C(=O)S/C(=C\c2cn(Cc3ccccc3[N+](=O)[O-])c3ccccc23)C1=O. The number of nitro groups is 1. The van der Waals surface area contributed by atoms with Crippen molar-refractivity contribution in [2.75, 3.05) is 13.7 Å². The summed E-state index contributed by atoms with van der Waals surface area (Å²) in [6.07, 6.45) is 3.39. The number of aromatic nitrogens is 1. The predicted octanol–water partition coefficient (Wildman–Crippen LogP) is 3.81. The van der Waals surface area contributed by atoms with E-state index in [0.717, 1.165) is 27.6 Å². The molecule has 1 aromatic heterocycles. The number of methoxy groups -OCH3 is 1. The van der Waals surface area contributed by atoms with Crippen LogP contribution in [0.25, 0.3) is 17.0 Å². The summed E-state index contributed by atoms with van der Waals surface area (Å²) in [7, 11) is 1.18. The average molecular weight is 451 g/mol. The summed E-state index contributed by atoms with van der Waals surface area (Å²) in [5.41, 5.74) is 2.08. The molecule has 9 nitrogen and oxygen atoms in total. The molecule has 0 N–H and O–H groups in total. The highest BCUT2D eigenvalue weighted by Gasteiger charge is 2.36. The van der Waals surface area contributed by atoms with Gasteiger partial charge in [0.25, 0.3) is 16.8 Å². The lowest BCUT2D eigenvalue weighted by atomic mass is 10.1. The average Bonchev–Trinajstić information content (AvgIpc) is 3.26. The molecule has 10 heteroatoms. The largest absolute Gasteiger partial charge is 0.468 e. The van der Waals surface area contributed by atoms with Crippen LogP contribution in [0.3, 0.4) is 0 Å². The number of para-hydroxylation sites is 2. The molecular formula is C22H17N3O6S. The lowest BCUT2D eigenvalue weighted by Crippen LogP contribution is -2.34. The minimum Gasteiger partial charge on any atom is -0.468 e. The Labute approximate surface area is 186 Å². The number of hydrogen-bond donors (Lipinski definition) is 0. The molecule has 3 aromatic rings. The van der Waals surface area contributed by atoms with Gasteiger partial charge in [0.2, 0.25) is 0 Å². The van der Waals surface area contributed by atoms with Crippen LogP contribution >= 0.6 is 11.8 Å². The summed E-state index contributed by atoms with van der Waals surface area (Å²) >= 11 is 0.749. The molecule has 0 spiro atoms. The fraction of sp³-hybridized carbons (Fsp3) is 0.136. The minimum absolute atomic E-state index is 0.0239. The van der Waals surface area contributed by atoms with E-state index < -0.39 is 28.6 Å². The number of esters is 1. The molecule has 4 rings (SSSR count). The van der Waals surface area contributed by atoms with Gasteiger partial charge in [0.05, 0.1) is 23.5 Å². The fourth-order valence-electron chi connectivity index (χ4n) is 3.50. The van der Waals surface area contributed by atoms with E-state index in [1.165, 1.54) is 13.2 Å². The molecule has 162 valence electrons. The van der Waals surface area contributed by atoms with E-state index in [1.807, 2.05) is 28.8 Å². The molecule has 0 aliphatic carbocycles. The van der Waals surface area contributed by atoms with Gasteiger partial charge in [0.1, 0.15) is 6.54 Å². The maximum Gasteiger partial charge on any atom is 0.325 e. The van der Waals surface area contributed by atoms with Crippen LogP contribution in [0.15, 0.2) is 59.6 Å². The summed E-state index contributed by atoms with van der Waals surface area (Å²) in [5, 5.41) is 11.7. The second kappa shape index (κ2) is 8.67. The summed E-state index contributed by atoms with van der Waals surface area (Å²) in [5.74, 6) is -1.25. The highest BCUT2D eigenvalue weighted by Crippen LogP contribution is 2.34. The molecule has 1 saturated heterocycles. The number of carbonyl (C=O) groups is 3. The molecule has 0 saturated carbocycles. The van der Waals surface area contributed by atoms with Crippen molar-refractivity contribution >= 4 is 51.5 Å². The lowest BCUT2D eigenvalue weighted by molar-refractivity contribution is -0.385. The first-order chi connectivity index (χ1) is 15.4. The van der Waals surface area contributed by atoms with Crippen LogP contribution in [0.2, 0.25) is 0 Å². The van der Waals surface area contributed by atoms with Gasteiger partial charge in [0, 0.05) is 34.3 Å². The van der Waals surface area contributed by atoms with E-state index in [9.17, 15) is 24.5 Å². The third-order valence-electron chi connectivity index (χ3n) is 5.02. The number of thioether (sulfide) groups is 1. The van der Waals surface area contributed by atoms with Crippen molar-refractivity contribution in [1.82, 2.24) is 9.47 Å². The van der Waals surface area contributed by atoms with E-state index in [-0.39, 0.29) is 17.1 Å². The van der Waals surface area contributed by atoms with E-state index in [0.29, 0.717) is 11.1 Å². The van der Waals surface area contributed by atoms with Gasteiger partial charge in [-0.2, -0.15) is 0 Å².